The van der Waals surface area contributed by atoms with Gasteiger partial charge in [-0.15, -0.1) is 0 Å². The molecular weight excluding hydrogens is 516 g/mol. The molecule has 0 spiro atoms. The molecule has 0 fully saturated rings. The Morgan fingerprint density at radius 1 is 0.927 bits per heavy atom. The average Bonchev–Trinajstić information content (AvgIpc) is 3.34. The van der Waals surface area contributed by atoms with E-state index in [4.69, 9.17) is 14.2 Å². The standard InChI is InChI=1S/C35H36O6/c1-8-32(36)39-20-27-10-9-26-18-25(12-15-29(26)27)28-14-11-23(17-22(28)4)24-13-16-30(40-33(37)21(2)3)31(19-24)41-34(38)35(5,6)7/h8,11-19,27H,1-2,9-10,20H2,3-7H3. The van der Waals surface area contributed by atoms with E-state index in [9.17, 15) is 14.4 Å². The van der Waals surface area contributed by atoms with Crippen LogP contribution in [0.15, 0.2) is 79.4 Å². The highest BCUT2D eigenvalue weighted by Crippen LogP contribution is 2.39. The smallest absolute Gasteiger partial charge is 0.338 e. The topological polar surface area (TPSA) is 78.9 Å². The number of carbonyl (C=O) groups excluding carboxylic acids is 3. The lowest BCUT2D eigenvalue weighted by Crippen LogP contribution is -2.26. The van der Waals surface area contributed by atoms with Crippen molar-refractivity contribution in [2.75, 3.05) is 6.61 Å². The Bertz CT molecular complexity index is 1540. The lowest BCUT2D eigenvalue weighted by molar-refractivity contribution is -0.143. The van der Waals surface area contributed by atoms with Crippen molar-refractivity contribution in [2.24, 2.45) is 5.41 Å². The molecule has 0 aliphatic heterocycles. The first-order valence-electron chi connectivity index (χ1n) is 13.6. The molecule has 41 heavy (non-hydrogen) atoms. The summed E-state index contributed by atoms with van der Waals surface area (Å²) in [7, 11) is 0. The molecule has 1 aliphatic carbocycles. The summed E-state index contributed by atoms with van der Waals surface area (Å²) in [4.78, 5) is 36.4. The van der Waals surface area contributed by atoms with Crippen molar-refractivity contribution in [3.8, 4) is 33.8 Å². The zero-order valence-corrected chi connectivity index (χ0v) is 24.3. The van der Waals surface area contributed by atoms with Gasteiger partial charge >= 0.3 is 17.9 Å². The monoisotopic (exact) mass is 552 g/mol. The number of esters is 3. The van der Waals surface area contributed by atoms with E-state index >= 15 is 0 Å². The highest BCUT2D eigenvalue weighted by molar-refractivity contribution is 5.90. The van der Waals surface area contributed by atoms with Gasteiger partial charge in [0.2, 0.25) is 0 Å². The summed E-state index contributed by atoms with van der Waals surface area (Å²) in [5.41, 5.74) is 7.08. The van der Waals surface area contributed by atoms with E-state index in [0.29, 0.717) is 6.61 Å². The number of ether oxygens (including phenoxy) is 3. The second-order valence-electron chi connectivity index (χ2n) is 11.5. The molecule has 3 aromatic carbocycles. The Morgan fingerprint density at radius 3 is 2.27 bits per heavy atom. The van der Waals surface area contributed by atoms with Crippen molar-refractivity contribution in [1.29, 1.82) is 0 Å². The minimum atomic E-state index is -0.740. The van der Waals surface area contributed by atoms with Crippen molar-refractivity contribution in [3.05, 3.63) is 96.1 Å². The maximum absolute atomic E-state index is 12.7. The minimum Gasteiger partial charge on any atom is -0.462 e. The number of carbonyl (C=O) groups is 3. The predicted molar refractivity (Wildman–Crippen MR) is 160 cm³/mol. The van der Waals surface area contributed by atoms with E-state index in [-0.39, 0.29) is 23.0 Å². The largest absolute Gasteiger partial charge is 0.462 e. The fourth-order valence-electron chi connectivity index (χ4n) is 4.75. The van der Waals surface area contributed by atoms with Gasteiger partial charge in [-0.2, -0.15) is 0 Å². The van der Waals surface area contributed by atoms with Gasteiger partial charge in [0.25, 0.3) is 0 Å². The highest BCUT2D eigenvalue weighted by Gasteiger charge is 2.26. The lowest BCUT2D eigenvalue weighted by Gasteiger charge is -2.19. The third-order valence-corrected chi connectivity index (χ3v) is 7.12. The molecule has 0 saturated carbocycles. The van der Waals surface area contributed by atoms with Crippen LogP contribution in [0.4, 0.5) is 0 Å². The van der Waals surface area contributed by atoms with Crippen molar-refractivity contribution < 1.29 is 28.6 Å². The van der Waals surface area contributed by atoms with Gasteiger partial charge in [-0.05, 0) is 98.5 Å². The molecule has 3 aromatic rings. The van der Waals surface area contributed by atoms with Crippen LogP contribution in [0, 0.1) is 12.3 Å². The molecule has 6 heteroatoms. The molecule has 0 amide bonds. The van der Waals surface area contributed by atoms with E-state index in [1.807, 2.05) is 12.1 Å². The quantitative estimate of drug-likeness (QED) is 0.163. The van der Waals surface area contributed by atoms with Crippen LogP contribution in [-0.2, 0) is 25.5 Å². The normalized spacial score (nSPS) is 14.1. The van der Waals surface area contributed by atoms with Crippen molar-refractivity contribution >= 4 is 17.9 Å². The number of aryl methyl sites for hydroxylation is 2. The molecule has 0 saturated heterocycles. The van der Waals surface area contributed by atoms with Crippen LogP contribution in [0.2, 0.25) is 0 Å². The summed E-state index contributed by atoms with van der Waals surface area (Å²) in [5.74, 6) is -0.900. The Kier molecular flexibility index (Phi) is 8.62. The molecule has 1 atom stereocenters. The molecule has 0 N–H and O–H groups in total. The summed E-state index contributed by atoms with van der Waals surface area (Å²) in [6.45, 7) is 16.4. The first-order chi connectivity index (χ1) is 19.4. The number of fused-ring (bicyclic) bond motifs is 1. The first-order valence-corrected chi connectivity index (χ1v) is 13.6. The van der Waals surface area contributed by atoms with Crippen LogP contribution >= 0.6 is 0 Å². The molecule has 1 unspecified atom stereocenters. The van der Waals surface area contributed by atoms with Crippen molar-refractivity contribution in [1.82, 2.24) is 0 Å². The van der Waals surface area contributed by atoms with Gasteiger partial charge < -0.3 is 14.2 Å². The predicted octanol–water partition coefficient (Wildman–Crippen LogP) is 7.52. The van der Waals surface area contributed by atoms with Gasteiger partial charge in [0.05, 0.1) is 12.0 Å². The molecule has 0 aromatic heterocycles. The third kappa shape index (κ3) is 6.83. The van der Waals surface area contributed by atoms with Gasteiger partial charge in [0, 0.05) is 17.6 Å². The van der Waals surface area contributed by atoms with Crippen molar-refractivity contribution in [3.63, 3.8) is 0 Å². The zero-order chi connectivity index (χ0) is 29.9. The summed E-state index contributed by atoms with van der Waals surface area (Å²) in [6, 6.07) is 17.9. The van der Waals surface area contributed by atoms with E-state index in [1.165, 1.54) is 17.2 Å². The fraction of sp³-hybridized carbons (Fsp3) is 0.286. The maximum Gasteiger partial charge on any atom is 0.338 e. The second-order valence-corrected chi connectivity index (χ2v) is 11.5. The molecule has 4 rings (SSSR count). The molecular formula is C35H36O6. The highest BCUT2D eigenvalue weighted by atomic mass is 16.6. The van der Waals surface area contributed by atoms with Gasteiger partial charge in [0.1, 0.15) is 0 Å². The Balaban J connectivity index is 1.61. The number of hydrogen-bond acceptors (Lipinski definition) is 6. The summed E-state index contributed by atoms with van der Waals surface area (Å²) < 4.78 is 16.4. The van der Waals surface area contributed by atoms with Crippen LogP contribution in [0.25, 0.3) is 22.3 Å². The Morgan fingerprint density at radius 2 is 1.61 bits per heavy atom. The zero-order valence-electron chi connectivity index (χ0n) is 24.3. The second kappa shape index (κ2) is 12.0. The van der Waals surface area contributed by atoms with Gasteiger partial charge in [-0.25, -0.2) is 9.59 Å². The molecule has 212 valence electrons. The van der Waals surface area contributed by atoms with Crippen LogP contribution in [0.3, 0.4) is 0 Å². The van der Waals surface area contributed by atoms with E-state index in [2.05, 4.69) is 50.4 Å². The summed E-state index contributed by atoms with van der Waals surface area (Å²) in [6.07, 6.45) is 3.08. The average molecular weight is 553 g/mol. The molecule has 0 radical (unpaired) electrons. The number of rotatable bonds is 8. The van der Waals surface area contributed by atoms with Crippen LogP contribution in [-0.4, -0.2) is 24.5 Å². The first kappa shape index (κ1) is 29.5. The fourth-order valence-corrected chi connectivity index (χ4v) is 4.75. The van der Waals surface area contributed by atoms with Crippen LogP contribution in [0.5, 0.6) is 11.5 Å². The molecule has 0 bridgehead atoms. The summed E-state index contributed by atoms with van der Waals surface area (Å²) >= 11 is 0. The van der Waals surface area contributed by atoms with E-state index < -0.39 is 23.3 Å². The van der Waals surface area contributed by atoms with Crippen LogP contribution < -0.4 is 9.47 Å². The summed E-state index contributed by atoms with van der Waals surface area (Å²) in [5, 5.41) is 0. The maximum atomic E-state index is 12.7. The minimum absolute atomic E-state index is 0.156. The molecule has 1 aliphatic rings. The molecule has 6 nitrogen and oxygen atoms in total. The van der Waals surface area contributed by atoms with E-state index in [1.54, 1.807) is 39.8 Å². The molecule has 0 heterocycles. The number of benzene rings is 3. The van der Waals surface area contributed by atoms with E-state index in [0.717, 1.165) is 40.7 Å². The third-order valence-electron chi connectivity index (χ3n) is 7.12. The SMILES string of the molecule is C=CC(=O)OCC1CCc2cc(-c3ccc(-c4ccc(OC(=O)C(=C)C)c(OC(=O)C(C)(C)C)c4)cc3C)ccc21. The van der Waals surface area contributed by atoms with Gasteiger partial charge in [-0.1, -0.05) is 55.6 Å². The van der Waals surface area contributed by atoms with Crippen molar-refractivity contribution in [2.45, 2.75) is 53.4 Å². The Hall–Kier alpha value is -4.45. The lowest BCUT2D eigenvalue weighted by atomic mass is 9.93. The van der Waals surface area contributed by atoms with Crippen LogP contribution in [0.1, 0.15) is 56.7 Å². The number of hydrogen-bond donors (Lipinski definition) is 0. The Labute approximate surface area is 241 Å². The van der Waals surface area contributed by atoms with Gasteiger partial charge in [0.15, 0.2) is 11.5 Å². The van der Waals surface area contributed by atoms with Gasteiger partial charge in [-0.3, -0.25) is 4.79 Å².